The number of hydrogen-bond acceptors (Lipinski definition) is 6. The number of primary sulfonamides is 1. The molecule has 1 saturated carbocycles. The van der Waals surface area contributed by atoms with Crippen LogP contribution >= 0.6 is 0 Å². The first-order chi connectivity index (χ1) is 21.5. The first-order valence-corrected chi connectivity index (χ1v) is 16.3. The summed E-state index contributed by atoms with van der Waals surface area (Å²) in [6.07, 6.45) is 2.52. The first-order valence-electron chi connectivity index (χ1n) is 14.7. The number of amides is 4. The van der Waals surface area contributed by atoms with E-state index in [9.17, 15) is 22.8 Å². The maximum atomic E-state index is 15.3. The number of urea groups is 1. The lowest BCUT2D eigenvalue weighted by Gasteiger charge is -2.32. The molecule has 3 aliphatic heterocycles. The molecule has 0 unspecified atom stereocenters. The van der Waals surface area contributed by atoms with Gasteiger partial charge in [-0.2, -0.15) is 0 Å². The van der Waals surface area contributed by atoms with Crippen molar-refractivity contribution < 1.29 is 27.2 Å². The van der Waals surface area contributed by atoms with Crippen LogP contribution in [0.3, 0.4) is 0 Å². The molecule has 1 aliphatic carbocycles. The van der Waals surface area contributed by atoms with E-state index in [2.05, 4.69) is 4.99 Å². The molecule has 1 atom stereocenters. The van der Waals surface area contributed by atoms with Crippen LogP contribution in [0.15, 0.2) is 82.7 Å². The number of benzodiazepines with no additional fused rings is 1. The Bertz CT molecular complexity index is 1790. The molecule has 4 N–H and O–H groups in total. The van der Waals surface area contributed by atoms with E-state index in [0.29, 0.717) is 36.2 Å². The third-order valence-electron chi connectivity index (χ3n) is 8.79. The SMILES string of the molecule is NC(=O)N(c1cccc(S(N)(=O)=O)c1)[C@H]1N=C(c2ccccc2F)c2ccccc2N(CC(=O)N2CC3CCC(CC3)C2)C1=O. The Hall–Kier alpha value is -4.62. The number of nitrogens with zero attached hydrogens (tertiary/aromatic N) is 4. The largest absolute Gasteiger partial charge is 0.351 e. The summed E-state index contributed by atoms with van der Waals surface area (Å²) in [5, 5.41) is 5.34. The molecular weight excluding hydrogens is 599 g/mol. The maximum Gasteiger partial charge on any atom is 0.321 e. The van der Waals surface area contributed by atoms with Gasteiger partial charge in [-0.15, -0.1) is 0 Å². The van der Waals surface area contributed by atoms with Crippen LogP contribution in [0, 0.1) is 17.7 Å². The number of hydrogen-bond donors (Lipinski definition) is 2. The molecular formula is C32H33FN6O5S. The van der Waals surface area contributed by atoms with Gasteiger partial charge in [-0.1, -0.05) is 36.4 Å². The van der Waals surface area contributed by atoms with E-state index in [1.165, 1.54) is 41.3 Å². The number of carbonyl (C=O) groups excluding carboxylic acids is 3. The predicted molar refractivity (Wildman–Crippen MR) is 167 cm³/mol. The van der Waals surface area contributed by atoms with Crippen molar-refractivity contribution in [1.82, 2.24) is 4.90 Å². The van der Waals surface area contributed by atoms with Crippen molar-refractivity contribution in [1.29, 1.82) is 0 Å². The van der Waals surface area contributed by atoms with E-state index in [4.69, 9.17) is 10.9 Å². The molecule has 4 aliphatic rings. The standard InChI is InChI=1S/C32H33FN6O5S/c33-26-10-3-1-8-24(26)29-25-9-2-4-11-27(25)38(19-28(40)37-17-20-12-13-21(18-37)15-14-20)31(41)30(36-29)39(32(34)42)22-6-5-7-23(16-22)45(35,43)44/h1-11,16,20-21,30H,12-15,17-19H2,(H2,34,42)(H2,35,43,44)/t20?,21?,30-/m1/s1. The molecule has 45 heavy (non-hydrogen) atoms. The van der Waals surface area contributed by atoms with Crippen LogP contribution in [0.4, 0.5) is 20.6 Å². The molecule has 0 aromatic heterocycles. The topological polar surface area (TPSA) is 159 Å². The van der Waals surface area contributed by atoms with Crippen molar-refractivity contribution in [2.24, 2.45) is 27.7 Å². The number of nitrogens with two attached hydrogens (primary N) is 2. The van der Waals surface area contributed by atoms with Gasteiger partial charge in [0, 0.05) is 29.9 Å². The molecule has 7 rings (SSSR count). The fourth-order valence-electron chi connectivity index (χ4n) is 6.55. The van der Waals surface area contributed by atoms with Gasteiger partial charge in [0.15, 0.2) is 0 Å². The predicted octanol–water partition coefficient (Wildman–Crippen LogP) is 3.22. The fraction of sp³-hybridized carbons (Fsp3) is 0.312. The van der Waals surface area contributed by atoms with E-state index in [0.717, 1.165) is 36.6 Å². The third kappa shape index (κ3) is 6.05. The van der Waals surface area contributed by atoms with Crippen molar-refractivity contribution in [3.05, 3.63) is 89.7 Å². The lowest BCUT2D eigenvalue weighted by Crippen LogP contribution is -2.54. The molecule has 2 saturated heterocycles. The Labute approximate surface area is 260 Å². The van der Waals surface area contributed by atoms with Crippen molar-refractivity contribution in [2.75, 3.05) is 29.4 Å². The number of sulfonamides is 1. The number of aliphatic imine (C=N–C) groups is 1. The highest BCUT2D eigenvalue weighted by Gasteiger charge is 2.40. The van der Waals surface area contributed by atoms with Gasteiger partial charge >= 0.3 is 6.03 Å². The van der Waals surface area contributed by atoms with Gasteiger partial charge < -0.3 is 10.6 Å². The van der Waals surface area contributed by atoms with Crippen molar-refractivity contribution in [3.8, 4) is 0 Å². The minimum absolute atomic E-state index is 0.0543. The zero-order chi connectivity index (χ0) is 31.9. The van der Waals surface area contributed by atoms with Crippen LogP contribution in [0.5, 0.6) is 0 Å². The van der Waals surface area contributed by atoms with Crippen LogP contribution in [-0.2, 0) is 19.6 Å². The minimum atomic E-state index is -4.19. The van der Waals surface area contributed by atoms with E-state index in [1.807, 2.05) is 4.90 Å². The molecule has 2 bridgehead atoms. The molecule has 3 aromatic carbocycles. The number of benzene rings is 3. The Morgan fingerprint density at radius 2 is 1.53 bits per heavy atom. The van der Waals surface area contributed by atoms with Crippen LogP contribution < -0.4 is 20.7 Å². The number of primary amides is 1. The van der Waals surface area contributed by atoms with E-state index < -0.39 is 33.9 Å². The van der Waals surface area contributed by atoms with Crippen molar-refractivity contribution in [3.63, 3.8) is 0 Å². The maximum absolute atomic E-state index is 15.3. The lowest BCUT2D eigenvalue weighted by molar-refractivity contribution is -0.132. The Morgan fingerprint density at radius 3 is 2.16 bits per heavy atom. The average molecular weight is 633 g/mol. The van der Waals surface area contributed by atoms with Gasteiger partial charge in [-0.3, -0.25) is 19.4 Å². The Kier molecular flexibility index (Phi) is 8.14. The van der Waals surface area contributed by atoms with E-state index in [1.54, 1.807) is 30.3 Å². The Morgan fingerprint density at radius 1 is 0.911 bits per heavy atom. The third-order valence-corrected chi connectivity index (χ3v) is 9.70. The zero-order valence-corrected chi connectivity index (χ0v) is 25.2. The first kappa shape index (κ1) is 30.4. The van der Waals surface area contributed by atoms with Gasteiger partial charge in [-0.05, 0) is 73.9 Å². The second-order valence-electron chi connectivity index (χ2n) is 11.7. The number of carbonyl (C=O) groups is 3. The van der Waals surface area contributed by atoms with Gasteiger partial charge in [-0.25, -0.2) is 27.7 Å². The highest BCUT2D eigenvalue weighted by molar-refractivity contribution is 7.89. The fourth-order valence-corrected chi connectivity index (χ4v) is 7.10. The zero-order valence-electron chi connectivity index (χ0n) is 24.4. The summed E-state index contributed by atoms with van der Waals surface area (Å²) in [7, 11) is -4.19. The van der Waals surface area contributed by atoms with Gasteiger partial charge in [0.25, 0.3) is 5.91 Å². The second-order valence-corrected chi connectivity index (χ2v) is 13.3. The lowest BCUT2D eigenvalue weighted by atomic mass is 9.84. The van der Waals surface area contributed by atoms with Crippen molar-refractivity contribution >= 4 is 45.0 Å². The molecule has 3 aromatic rings. The summed E-state index contributed by atoms with van der Waals surface area (Å²) < 4.78 is 39.6. The second kappa shape index (κ2) is 12.1. The molecule has 0 radical (unpaired) electrons. The van der Waals surface area contributed by atoms with Crippen LogP contribution in [0.25, 0.3) is 0 Å². The normalized spacial score (nSPS) is 21.4. The van der Waals surface area contributed by atoms with Gasteiger partial charge in [0.1, 0.15) is 12.4 Å². The molecule has 3 heterocycles. The van der Waals surface area contributed by atoms with Crippen LogP contribution in [-0.4, -0.2) is 62.7 Å². The molecule has 3 fully saturated rings. The summed E-state index contributed by atoms with van der Waals surface area (Å²) in [6.45, 7) is 0.857. The minimum Gasteiger partial charge on any atom is -0.351 e. The highest BCUT2D eigenvalue weighted by Crippen LogP contribution is 2.35. The summed E-state index contributed by atoms with van der Waals surface area (Å²) in [4.78, 5) is 49.7. The summed E-state index contributed by atoms with van der Waals surface area (Å²) >= 11 is 0. The molecule has 11 nitrogen and oxygen atoms in total. The van der Waals surface area contributed by atoms with E-state index in [-0.39, 0.29) is 34.3 Å². The molecule has 4 amide bonds. The number of rotatable bonds is 6. The number of para-hydroxylation sites is 1. The number of fused-ring (bicyclic) bond motifs is 5. The summed E-state index contributed by atoms with van der Waals surface area (Å²) in [5.41, 5.74) is 6.53. The highest BCUT2D eigenvalue weighted by atomic mass is 32.2. The molecule has 13 heteroatoms. The number of halogens is 1. The van der Waals surface area contributed by atoms with Crippen LogP contribution in [0.2, 0.25) is 0 Å². The molecule has 0 spiro atoms. The van der Waals surface area contributed by atoms with Crippen molar-refractivity contribution in [2.45, 2.75) is 36.7 Å². The summed E-state index contributed by atoms with van der Waals surface area (Å²) in [6, 6.07) is 16.5. The molecule has 234 valence electrons. The Balaban J connectivity index is 1.49. The monoisotopic (exact) mass is 632 g/mol. The van der Waals surface area contributed by atoms with E-state index >= 15 is 4.39 Å². The quantitative estimate of drug-likeness (QED) is 0.426. The smallest absolute Gasteiger partial charge is 0.321 e. The van der Waals surface area contributed by atoms with Gasteiger partial charge in [0.05, 0.1) is 16.3 Å². The van der Waals surface area contributed by atoms with Crippen LogP contribution in [0.1, 0.15) is 36.8 Å². The summed E-state index contributed by atoms with van der Waals surface area (Å²) in [5.74, 6) is -0.852. The average Bonchev–Trinajstić information content (AvgIpc) is 3.40. The number of anilines is 2. The van der Waals surface area contributed by atoms with Gasteiger partial charge in [0.2, 0.25) is 22.1 Å².